The molecule has 1 heterocycles. The molecule has 2 N–H and O–H groups in total. The molecule has 20 heavy (non-hydrogen) atoms. The molecule has 6 nitrogen and oxygen atoms in total. The molecule has 0 bridgehead atoms. The van der Waals surface area contributed by atoms with E-state index in [0.717, 1.165) is 19.4 Å². The van der Waals surface area contributed by atoms with Gasteiger partial charge in [0.25, 0.3) is 0 Å². The Hall–Kier alpha value is -1.30. The summed E-state index contributed by atoms with van der Waals surface area (Å²) in [5.41, 5.74) is -0.397. The fourth-order valence-corrected chi connectivity index (χ4v) is 2.97. The van der Waals surface area contributed by atoms with Gasteiger partial charge in [0, 0.05) is 19.1 Å². The number of nitrogens with zero attached hydrogens (tertiary/aromatic N) is 2. The van der Waals surface area contributed by atoms with Crippen LogP contribution in [0.15, 0.2) is 0 Å². The van der Waals surface area contributed by atoms with Gasteiger partial charge in [-0.15, -0.1) is 0 Å². The Kier molecular flexibility index (Phi) is 5.39. The Balaban J connectivity index is 2.76. The van der Waals surface area contributed by atoms with Crippen LogP contribution in [0.4, 0.5) is 4.79 Å². The highest BCUT2D eigenvalue weighted by Crippen LogP contribution is 2.35. The zero-order valence-electron chi connectivity index (χ0n) is 13.1. The standard InChI is InChI=1S/C14H27N3O3/c1-10(9-16(4)5)15-13(20)17-8-6-7-14(2,3)11(17)12(18)19/h10-11H,6-9H2,1-5H3,(H,15,20)(H,18,19). The highest BCUT2D eigenvalue weighted by Gasteiger charge is 2.44. The van der Waals surface area contributed by atoms with Crippen LogP contribution in [-0.4, -0.2) is 66.2 Å². The predicted molar refractivity (Wildman–Crippen MR) is 77.7 cm³/mol. The number of hydrogen-bond donors (Lipinski definition) is 2. The molecule has 2 atom stereocenters. The molecule has 1 saturated heterocycles. The number of carboxylic acid groups (broad SMARTS) is 1. The van der Waals surface area contributed by atoms with E-state index in [2.05, 4.69) is 5.32 Å². The third-order valence-corrected chi connectivity index (χ3v) is 3.78. The number of likely N-dealkylation sites (N-methyl/N-ethyl adjacent to an activating group) is 1. The molecule has 0 aromatic heterocycles. The highest BCUT2D eigenvalue weighted by atomic mass is 16.4. The number of carboxylic acids is 1. The molecule has 2 amide bonds. The maximum Gasteiger partial charge on any atom is 0.327 e. The molecular weight excluding hydrogens is 258 g/mol. The maximum atomic E-state index is 12.3. The first-order chi connectivity index (χ1) is 9.15. The van der Waals surface area contributed by atoms with Gasteiger partial charge in [-0.3, -0.25) is 0 Å². The topological polar surface area (TPSA) is 72.9 Å². The van der Waals surface area contributed by atoms with Gasteiger partial charge in [-0.1, -0.05) is 13.8 Å². The van der Waals surface area contributed by atoms with Crippen LogP contribution in [0.5, 0.6) is 0 Å². The quantitative estimate of drug-likeness (QED) is 0.814. The Labute approximate surface area is 121 Å². The van der Waals surface area contributed by atoms with Gasteiger partial charge in [0.1, 0.15) is 6.04 Å². The second-order valence-electron chi connectivity index (χ2n) is 6.64. The molecular formula is C14H27N3O3. The molecule has 6 heteroatoms. The van der Waals surface area contributed by atoms with Crippen molar-refractivity contribution in [3.63, 3.8) is 0 Å². The van der Waals surface area contributed by atoms with E-state index in [1.54, 1.807) is 0 Å². The van der Waals surface area contributed by atoms with E-state index in [1.807, 2.05) is 39.8 Å². The minimum atomic E-state index is -0.926. The summed E-state index contributed by atoms with van der Waals surface area (Å²) in [5.74, 6) is -0.926. The minimum Gasteiger partial charge on any atom is -0.480 e. The van der Waals surface area contributed by atoms with Gasteiger partial charge < -0.3 is 20.2 Å². The zero-order valence-corrected chi connectivity index (χ0v) is 13.1. The van der Waals surface area contributed by atoms with Gasteiger partial charge in [0.05, 0.1) is 0 Å². The van der Waals surface area contributed by atoms with Crippen molar-refractivity contribution >= 4 is 12.0 Å². The first-order valence-corrected chi connectivity index (χ1v) is 7.10. The average molecular weight is 285 g/mol. The van der Waals surface area contributed by atoms with E-state index in [0.29, 0.717) is 6.54 Å². The van der Waals surface area contributed by atoms with Gasteiger partial charge in [0.15, 0.2) is 0 Å². The fourth-order valence-electron chi connectivity index (χ4n) is 2.97. The van der Waals surface area contributed by atoms with Crippen LogP contribution in [0.3, 0.4) is 0 Å². The molecule has 0 aromatic carbocycles. The van der Waals surface area contributed by atoms with Crippen molar-refractivity contribution in [1.29, 1.82) is 0 Å². The van der Waals surface area contributed by atoms with Crippen LogP contribution in [0, 0.1) is 5.41 Å². The van der Waals surface area contributed by atoms with Crippen molar-refractivity contribution in [3.8, 4) is 0 Å². The third-order valence-electron chi connectivity index (χ3n) is 3.78. The molecule has 0 saturated carbocycles. The molecule has 1 fully saturated rings. The van der Waals surface area contributed by atoms with Crippen LogP contribution >= 0.6 is 0 Å². The van der Waals surface area contributed by atoms with Crippen molar-refractivity contribution < 1.29 is 14.7 Å². The van der Waals surface area contributed by atoms with Crippen molar-refractivity contribution in [2.75, 3.05) is 27.2 Å². The van der Waals surface area contributed by atoms with Crippen LogP contribution in [0.2, 0.25) is 0 Å². The van der Waals surface area contributed by atoms with E-state index >= 15 is 0 Å². The van der Waals surface area contributed by atoms with Gasteiger partial charge in [-0.05, 0) is 39.3 Å². The first-order valence-electron chi connectivity index (χ1n) is 7.10. The number of urea groups is 1. The number of carbonyl (C=O) groups is 2. The second kappa shape index (κ2) is 6.43. The Morgan fingerprint density at radius 3 is 2.55 bits per heavy atom. The lowest BCUT2D eigenvalue weighted by Crippen LogP contribution is -2.60. The molecule has 1 aliphatic rings. The van der Waals surface area contributed by atoms with E-state index in [1.165, 1.54) is 4.90 Å². The van der Waals surface area contributed by atoms with Gasteiger partial charge in [0.2, 0.25) is 0 Å². The molecule has 1 aliphatic heterocycles. The number of amides is 2. The molecule has 0 aromatic rings. The van der Waals surface area contributed by atoms with E-state index in [-0.39, 0.29) is 12.1 Å². The number of hydrogen-bond acceptors (Lipinski definition) is 3. The fraction of sp³-hybridized carbons (Fsp3) is 0.857. The van der Waals surface area contributed by atoms with Crippen LogP contribution in [-0.2, 0) is 4.79 Å². The number of piperidine rings is 1. The minimum absolute atomic E-state index is 0.0167. The Morgan fingerprint density at radius 2 is 2.05 bits per heavy atom. The Bertz CT molecular complexity index is 369. The number of aliphatic carboxylic acids is 1. The van der Waals surface area contributed by atoms with Crippen LogP contribution in [0.1, 0.15) is 33.6 Å². The summed E-state index contributed by atoms with van der Waals surface area (Å²) in [4.78, 5) is 27.3. The summed E-state index contributed by atoms with van der Waals surface area (Å²) in [6.45, 7) is 6.97. The SMILES string of the molecule is CC(CN(C)C)NC(=O)N1CCCC(C)(C)C1C(=O)O. The summed E-state index contributed by atoms with van der Waals surface area (Å²) in [6.07, 6.45) is 1.66. The van der Waals surface area contributed by atoms with E-state index in [4.69, 9.17) is 0 Å². The lowest BCUT2D eigenvalue weighted by Gasteiger charge is -2.44. The molecule has 1 rings (SSSR count). The highest BCUT2D eigenvalue weighted by molar-refractivity contribution is 5.83. The monoisotopic (exact) mass is 285 g/mol. The smallest absolute Gasteiger partial charge is 0.327 e. The normalized spacial score (nSPS) is 23.5. The van der Waals surface area contributed by atoms with Crippen molar-refractivity contribution in [2.45, 2.75) is 45.7 Å². The molecule has 2 unspecified atom stereocenters. The van der Waals surface area contributed by atoms with Crippen LogP contribution < -0.4 is 5.32 Å². The predicted octanol–water partition coefficient (Wildman–Crippen LogP) is 1.22. The number of likely N-dealkylation sites (tertiary alicyclic amines) is 1. The van der Waals surface area contributed by atoms with Crippen LogP contribution in [0.25, 0.3) is 0 Å². The van der Waals surface area contributed by atoms with Crippen molar-refractivity contribution in [2.24, 2.45) is 5.41 Å². The molecule has 0 spiro atoms. The largest absolute Gasteiger partial charge is 0.480 e. The first kappa shape index (κ1) is 16.8. The lowest BCUT2D eigenvalue weighted by molar-refractivity contribution is -0.148. The van der Waals surface area contributed by atoms with Gasteiger partial charge in [-0.2, -0.15) is 0 Å². The maximum absolute atomic E-state index is 12.3. The van der Waals surface area contributed by atoms with E-state index in [9.17, 15) is 14.7 Å². The van der Waals surface area contributed by atoms with Crippen molar-refractivity contribution in [1.82, 2.24) is 15.1 Å². The number of nitrogens with one attached hydrogen (secondary N) is 1. The third kappa shape index (κ3) is 4.10. The van der Waals surface area contributed by atoms with Gasteiger partial charge in [-0.25, -0.2) is 9.59 Å². The van der Waals surface area contributed by atoms with Crippen molar-refractivity contribution in [3.05, 3.63) is 0 Å². The average Bonchev–Trinajstić information content (AvgIpc) is 2.24. The zero-order chi connectivity index (χ0) is 15.5. The van der Waals surface area contributed by atoms with E-state index < -0.39 is 17.4 Å². The summed E-state index contributed by atoms with van der Waals surface area (Å²) >= 11 is 0. The lowest BCUT2D eigenvalue weighted by atomic mass is 9.76. The number of carbonyl (C=O) groups excluding carboxylic acids is 1. The molecule has 0 radical (unpaired) electrons. The Morgan fingerprint density at radius 1 is 1.45 bits per heavy atom. The molecule has 0 aliphatic carbocycles. The molecule has 116 valence electrons. The number of rotatable bonds is 4. The second-order valence-corrected chi connectivity index (χ2v) is 6.64. The summed E-state index contributed by atoms with van der Waals surface area (Å²) in [6, 6.07) is -1.06. The summed E-state index contributed by atoms with van der Waals surface area (Å²) in [5, 5.41) is 12.3. The summed E-state index contributed by atoms with van der Waals surface area (Å²) in [7, 11) is 3.87. The summed E-state index contributed by atoms with van der Waals surface area (Å²) < 4.78 is 0. The van der Waals surface area contributed by atoms with Gasteiger partial charge >= 0.3 is 12.0 Å².